The highest BCUT2D eigenvalue weighted by Gasteiger charge is 2.36. The molecule has 146 valence electrons. The first kappa shape index (κ1) is 19.6. The highest BCUT2D eigenvalue weighted by molar-refractivity contribution is 6.00. The van der Waals surface area contributed by atoms with Crippen LogP contribution in [0.3, 0.4) is 0 Å². The lowest BCUT2D eigenvalue weighted by atomic mass is 10.1. The Bertz CT molecular complexity index is 866. The minimum Gasteiger partial charge on any atom is -0.455 e. The molecule has 28 heavy (non-hydrogen) atoms. The summed E-state index contributed by atoms with van der Waals surface area (Å²) in [5, 5.41) is 2.80. The number of hydrogen-bond acceptors (Lipinski definition) is 4. The van der Waals surface area contributed by atoms with Crippen molar-refractivity contribution in [2.24, 2.45) is 5.92 Å². The van der Waals surface area contributed by atoms with Gasteiger partial charge in [-0.15, -0.1) is 0 Å². The molecule has 1 saturated heterocycles. The van der Waals surface area contributed by atoms with Crippen molar-refractivity contribution < 1.29 is 19.1 Å². The molecule has 0 saturated carbocycles. The number of amides is 2. The molecule has 0 aliphatic carbocycles. The number of carbonyl (C=O) groups is 3. The van der Waals surface area contributed by atoms with Crippen LogP contribution in [0.4, 0.5) is 5.69 Å². The van der Waals surface area contributed by atoms with Crippen LogP contribution < -0.4 is 10.2 Å². The smallest absolute Gasteiger partial charge is 0.311 e. The molecule has 1 aliphatic rings. The van der Waals surface area contributed by atoms with E-state index < -0.39 is 11.9 Å². The fourth-order valence-corrected chi connectivity index (χ4v) is 3.33. The van der Waals surface area contributed by atoms with Gasteiger partial charge < -0.3 is 15.0 Å². The third-order valence-electron chi connectivity index (χ3n) is 4.89. The maximum atomic E-state index is 12.3. The van der Waals surface area contributed by atoms with E-state index in [0.717, 1.165) is 16.8 Å². The van der Waals surface area contributed by atoms with E-state index in [0.29, 0.717) is 0 Å². The molecule has 2 aromatic rings. The molecular weight excluding hydrogens is 356 g/mol. The van der Waals surface area contributed by atoms with Gasteiger partial charge in [0.05, 0.1) is 12.0 Å². The van der Waals surface area contributed by atoms with E-state index in [1.165, 1.54) is 0 Å². The number of ether oxygens (including phenoxy) is 1. The van der Waals surface area contributed by atoms with Crippen molar-refractivity contribution in [2.45, 2.75) is 26.3 Å². The molecule has 0 radical (unpaired) electrons. The summed E-state index contributed by atoms with van der Waals surface area (Å²) in [5.74, 6) is -1.57. The fraction of sp³-hybridized carbons (Fsp3) is 0.318. The largest absolute Gasteiger partial charge is 0.455 e. The summed E-state index contributed by atoms with van der Waals surface area (Å²) in [7, 11) is 0. The van der Waals surface area contributed by atoms with Gasteiger partial charge in [0.15, 0.2) is 6.61 Å². The lowest BCUT2D eigenvalue weighted by Gasteiger charge is -2.19. The Kier molecular flexibility index (Phi) is 6.09. The zero-order valence-electron chi connectivity index (χ0n) is 16.1. The van der Waals surface area contributed by atoms with E-state index in [1.807, 2.05) is 68.4 Å². The van der Waals surface area contributed by atoms with Crippen LogP contribution in [0.15, 0.2) is 54.6 Å². The molecule has 1 heterocycles. The predicted octanol–water partition coefficient (Wildman–Crippen LogP) is 2.77. The van der Waals surface area contributed by atoms with Crippen LogP contribution in [-0.4, -0.2) is 30.9 Å². The third kappa shape index (κ3) is 4.57. The van der Waals surface area contributed by atoms with Gasteiger partial charge >= 0.3 is 5.97 Å². The summed E-state index contributed by atoms with van der Waals surface area (Å²) < 4.78 is 5.16. The highest BCUT2D eigenvalue weighted by Crippen LogP contribution is 2.28. The first-order chi connectivity index (χ1) is 13.5. The molecule has 1 N–H and O–H groups in total. The molecule has 2 atom stereocenters. The first-order valence-electron chi connectivity index (χ1n) is 9.32. The van der Waals surface area contributed by atoms with Crippen LogP contribution in [0.1, 0.15) is 30.5 Å². The van der Waals surface area contributed by atoms with Crippen molar-refractivity contribution in [1.82, 2.24) is 5.32 Å². The maximum absolute atomic E-state index is 12.3. The van der Waals surface area contributed by atoms with Gasteiger partial charge in [-0.25, -0.2) is 0 Å². The first-order valence-corrected chi connectivity index (χ1v) is 9.32. The zero-order chi connectivity index (χ0) is 20.1. The second-order valence-electron chi connectivity index (χ2n) is 7.00. The van der Waals surface area contributed by atoms with Crippen molar-refractivity contribution in [1.29, 1.82) is 0 Å². The Morgan fingerprint density at radius 3 is 2.54 bits per heavy atom. The standard InChI is InChI=1S/C22H24N2O4/c1-15-8-6-7-11-19(15)24-13-18(12-21(24)26)22(27)28-14-20(25)23-16(2)17-9-4-3-5-10-17/h3-11,16,18H,12-14H2,1-2H3,(H,23,25)/t16-,18-/m1/s1. The van der Waals surface area contributed by atoms with Crippen molar-refractivity contribution in [3.05, 3.63) is 65.7 Å². The number of carbonyl (C=O) groups excluding carboxylic acids is 3. The van der Waals surface area contributed by atoms with E-state index in [-0.39, 0.29) is 37.4 Å². The minimum atomic E-state index is -0.563. The zero-order valence-corrected chi connectivity index (χ0v) is 16.1. The molecule has 1 fully saturated rings. The van der Waals surface area contributed by atoms with Crippen LogP contribution in [0, 0.1) is 12.8 Å². The molecule has 1 aliphatic heterocycles. The second kappa shape index (κ2) is 8.69. The van der Waals surface area contributed by atoms with Crippen molar-refractivity contribution >= 4 is 23.5 Å². The van der Waals surface area contributed by atoms with E-state index >= 15 is 0 Å². The van der Waals surface area contributed by atoms with Crippen LogP contribution in [0.2, 0.25) is 0 Å². The Morgan fingerprint density at radius 1 is 1.14 bits per heavy atom. The van der Waals surface area contributed by atoms with E-state index in [2.05, 4.69) is 5.32 Å². The second-order valence-corrected chi connectivity index (χ2v) is 7.00. The van der Waals surface area contributed by atoms with Crippen LogP contribution >= 0.6 is 0 Å². The van der Waals surface area contributed by atoms with Crippen LogP contribution in [0.25, 0.3) is 0 Å². The molecular formula is C22H24N2O4. The average Bonchev–Trinajstić information content (AvgIpc) is 3.08. The normalized spacial score (nSPS) is 17.3. The Labute approximate surface area is 164 Å². The maximum Gasteiger partial charge on any atom is 0.311 e. The summed E-state index contributed by atoms with van der Waals surface area (Å²) in [6.07, 6.45) is 0.0925. The predicted molar refractivity (Wildman–Crippen MR) is 106 cm³/mol. The molecule has 2 aromatic carbocycles. The molecule has 0 bridgehead atoms. The minimum absolute atomic E-state index is 0.0925. The van der Waals surface area contributed by atoms with Gasteiger partial charge in [-0.05, 0) is 31.0 Å². The van der Waals surface area contributed by atoms with E-state index in [4.69, 9.17) is 4.74 Å². The van der Waals surface area contributed by atoms with E-state index in [9.17, 15) is 14.4 Å². The van der Waals surface area contributed by atoms with Gasteiger partial charge in [0.25, 0.3) is 5.91 Å². The summed E-state index contributed by atoms with van der Waals surface area (Å²) in [6.45, 7) is 3.70. The molecule has 0 spiro atoms. The summed E-state index contributed by atoms with van der Waals surface area (Å²) in [4.78, 5) is 38.3. The number of aryl methyl sites for hydroxylation is 1. The van der Waals surface area contributed by atoms with Crippen molar-refractivity contribution in [2.75, 3.05) is 18.1 Å². The number of nitrogens with zero attached hydrogens (tertiary/aromatic N) is 1. The lowest BCUT2D eigenvalue weighted by molar-refractivity contribution is -0.152. The van der Waals surface area contributed by atoms with Gasteiger partial charge in [0, 0.05) is 18.7 Å². The molecule has 0 aromatic heterocycles. The quantitative estimate of drug-likeness (QED) is 0.782. The van der Waals surface area contributed by atoms with Crippen LogP contribution in [0.5, 0.6) is 0 Å². The van der Waals surface area contributed by atoms with Gasteiger partial charge in [0.2, 0.25) is 5.91 Å². The number of nitrogens with one attached hydrogen (secondary N) is 1. The van der Waals surface area contributed by atoms with E-state index in [1.54, 1.807) is 4.90 Å². The Hall–Kier alpha value is -3.15. The van der Waals surface area contributed by atoms with Gasteiger partial charge in [-0.3, -0.25) is 14.4 Å². The monoisotopic (exact) mass is 380 g/mol. The topological polar surface area (TPSA) is 75.7 Å². The third-order valence-corrected chi connectivity index (χ3v) is 4.89. The van der Waals surface area contributed by atoms with Crippen molar-refractivity contribution in [3.63, 3.8) is 0 Å². The highest BCUT2D eigenvalue weighted by atomic mass is 16.5. The number of rotatable bonds is 6. The summed E-state index contributed by atoms with van der Waals surface area (Å²) >= 11 is 0. The SMILES string of the molecule is Cc1ccccc1N1C[C@H](C(=O)OCC(=O)N[C@H](C)c2ccccc2)CC1=O. The fourth-order valence-electron chi connectivity index (χ4n) is 3.33. The average molecular weight is 380 g/mol. The van der Waals surface area contributed by atoms with Gasteiger partial charge in [-0.2, -0.15) is 0 Å². The number of benzene rings is 2. The number of anilines is 1. The van der Waals surface area contributed by atoms with Gasteiger partial charge in [0.1, 0.15) is 0 Å². The summed E-state index contributed by atoms with van der Waals surface area (Å²) in [5.41, 5.74) is 2.74. The van der Waals surface area contributed by atoms with Gasteiger partial charge in [-0.1, -0.05) is 48.5 Å². The van der Waals surface area contributed by atoms with Crippen molar-refractivity contribution in [3.8, 4) is 0 Å². The summed E-state index contributed by atoms with van der Waals surface area (Å²) in [6, 6.07) is 16.9. The number of hydrogen-bond donors (Lipinski definition) is 1. The Balaban J connectivity index is 1.51. The number of esters is 1. The lowest BCUT2D eigenvalue weighted by Crippen LogP contribution is -2.33. The number of para-hydroxylation sites is 1. The molecule has 6 nitrogen and oxygen atoms in total. The molecule has 6 heteroatoms. The molecule has 3 rings (SSSR count). The molecule has 0 unspecified atom stereocenters. The van der Waals surface area contributed by atoms with Crippen LogP contribution in [-0.2, 0) is 19.1 Å². The molecule has 2 amide bonds. The Morgan fingerprint density at radius 2 is 1.82 bits per heavy atom.